The largest absolute Gasteiger partial charge is 0.383 e. The summed E-state index contributed by atoms with van der Waals surface area (Å²) in [5.74, 6) is 0.854. The molecule has 1 unspecified atom stereocenters. The lowest BCUT2D eigenvalue weighted by Crippen LogP contribution is -2.13. The van der Waals surface area contributed by atoms with Gasteiger partial charge in [0.2, 0.25) is 5.95 Å². The van der Waals surface area contributed by atoms with Gasteiger partial charge in [-0.15, -0.1) is 0 Å². The Morgan fingerprint density at radius 2 is 2.25 bits per heavy atom. The van der Waals surface area contributed by atoms with Gasteiger partial charge in [-0.2, -0.15) is 0 Å². The molecule has 1 N–H and O–H groups in total. The zero-order chi connectivity index (χ0) is 14.5. The van der Waals surface area contributed by atoms with Gasteiger partial charge in [0.15, 0.2) is 0 Å². The third-order valence-corrected chi connectivity index (χ3v) is 3.36. The number of halogens is 1. The molecule has 2 rings (SSSR count). The number of imidazole rings is 1. The van der Waals surface area contributed by atoms with Crippen LogP contribution in [0.3, 0.4) is 0 Å². The van der Waals surface area contributed by atoms with E-state index in [1.54, 1.807) is 7.11 Å². The van der Waals surface area contributed by atoms with Crippen molar-refractivity contribution < 1.29 is 4.74 Å². The number of methoxy groups -OCH3 is 1. The summed E-state index contributed by atoms with van der Waals surface area (Å²) >= 11 is 6.03. The summed E-state index contributed by atoms with van der Waals surface area (Å²) in [7, 11) is 1.70. The molecule has 1 aromatic carbocycles. The van der Waals surface area contributed by atoms with Crippen LogP contribution in [-0.2, 0) is 11.3 Å². The fraction of sp³-hybridized carbons (Fsp3) is 0.400. The third-order valence-electron chi connectivity index (χ3n) is 3.13. The van der Waals surface area contributed by atoms with Crippen molar-refractivity contribution in [3.63, 3.8) is 0 Å². The van der Waals surface area contributed by atoms with E-state index in [1.165, 1.54) is 0 Å². The number of benzene rings is 1. The van der Waals surface area contributed by atoms with Crippen LogP contribution in [0.5, 0.6) is 0 Å². The van der Waals surface area contributed by atoms with E-state index in [2.05, 4.69) is 27.9 Å². The van der Waals surface area contributed by atoms with Crippen LogP contribution in [0.1, 0.15) is 24.2 Å². The highest BCUT2D eigenvalue weighted by molar-refractivity contribution is 6.30. The Bertz CT molecular complexity index is 568. The van der Waals surface area contributed by atoms with Crippen molar-refractivity contribution in [1.82, 2.24) is 9.55 Å². The number of hydrogen-bond acceptors (Lipinski definition) is 3. The summed E-state index contributed by atoms with van der Waals surface area (Å²) in [6.07, 6.45) is 2.02. The SMILES string of the molecule is COCCn1cc(C)nc1NC(C)c1cccc(Cl)c1. The second kappa shape index (κ2) is 6.77. The molecule has 108 valence electrons. The van der Waals surface area contributed by atoms with Crippen molar-refractivity contribution in [1.29, 1.82) is 0 Å². The van der Waals surface area contributed by atoms with Crippen LogP contribution in [0.2, 0.25) is 5.02 Å². The van der Waals surface area contributed by atoms with Gasteiger partial charge in [0, 0.05) is 24.9 Å². The molecule has 4 nitrogen and oxygen atoms in total. The van der Waals surface area contributed by atoms with Gasteiger partial charge in [-0.25, -0.2) is 4.98 Å². The summed E-state index contributed by atoms with van der Waals surface area (Å²) in [6.45, 7) is 5.52. The molecule has 5 heteroatoms. The standard InChI is InChI=1S/C15H20ClN3O/c1-11-10-19(7-8-20-3)15(17-11)18-12(2)13-5-4-6-14(16)9-13/h4-6,9-10,12H,7-8H2,1-3H3,(H,17,18). The van der Waals surface area contributed by atoms with Gasteiger partial charge in [-0.05, 0) is 31.5 Å². The molecular formula is C15H20ClN3O. The Morgan fingerprint density at radius 3 is 2.95 bits per heavy atom. The van der Waals surface area contributed by atoms with E-state index >= 15 is 0 Å². The van der Waals surface area contributed by atoms with Crippen molar-refractivity contribution in [2.75, 3.05) is 19.0 Å². The second-order valence-electron chi connectivity index (χ2n) is 4.81. The van der Waals surface area contributed by atoms with Crippen LogP contribution in [0.15, 0.2) is 30.5 Å². The highest BCUT2D eigenvalue weighted by atomic mass is 35.5. The first kappa shape index (κ1) is 14.9. The van der Waals surface area contributed by atoms with Gasteiger partial charge >= 0.3 is 0 Å². The van der Waals surface area contributed by atoms with Crippen LogP contribution < -0.4 is 5.32 Å². The highest BCUT2D eigenvalue weighted by Gasteiger charge is 2.11. The Morgan fingerprint density at radius 1 is 1.45 bits per heavy atom. The quantitative estimate of drug-likeness (QED) is 0.883. The summed E-state index contributed by atoms with van der Waals surface area (Å²) in [5, 5.41) is 4.17. The number of rotatable bonds is 6. The molecule has 0 aliphatic carbocycles. The lowest BCUT2D eigenvalue weighted by Gasteiger charge is -2.16. The molecule has 1 heterocycles. The molecule has 0 saturated heterocycles. The first-order valence-electron chi connectivity index (χ1n) is 6.65. The number of hydrogen-bond donors (Lipinski definition) is 1. The molecule has 1 atom stereocenters. The molecule has 1 aromatic heterocycles. The number of anilines is 1. The third kappa shape index (κ3) is 3.74. The number of nitrogens with one attached hydrogen (secondary N) is 1. The van der Waals surface area contributed by atoms with Gasteiger partial charge in [0.1, 0.15) is 0 Å². The molecule has 0 radical (unpaired) electrons. The van der Waals surface area contributed by atoms with Crippen molar-refractivity contribution in [2.45, 2.75) is 26.4 Å². The van der Waals surface area contributed by atoms with E-state index in [0.29, 0.717) is 6.61 Å². The molecule has 0 fully saturated rings. The molecule has 0 bridgehead atoms. The predicted molar refractivity (Wildman–Crippen MR) is 82.3 cm³/mol. The van der Waals surface area contributed by atoms with Crippen LogP contribution in [0, 0.1) is 6.92 Å². The Kier molecular flexibility index (Phi) is 5.04. The van der Waals surface area contributed by atoms with Gasteiger partial charge in [0.05, 0.1) is 18.3 Å². The monoisotopic (exact) mass is 293 g/mol. The maximum atomic E-state index is 6.03. The van der Waals surface area contributed by atoms with Crippen LogP contribution >= 0.6 is 11.6 Å². The normalized spacial score (nSPS) is 12.4. The van der Waals surface area contributed by atoms with E-state index in [1.807, 2.05) is 31.3 Å². The lowest BCUT2D eigenvalue weighted by atomic mass is 10.1. The van der Waals surface area contributed by atoms with E-state index in [4.69, 9.17) is 16.3 Å². The maximum absolute atomic E-state index is 6.03. The zero-order valence-electron chi connectivity index (χ0n) is 12.1. The molecule has 2 aromatic rings. The summed E-state index contributed by atoms with van der Waals surface area (Å²) in [4.78, 5) is 4.51. The number of aryl methyl sites for hydroxylation is 1. The average Bonchev–Trinajstić information content (AvgIpc) is 2.76. The minimum atomic E-state index is 0.136. The molecule has 0 amide bonds. The van der Waals surface area contributed by atoms with E-state index in [9.17, 15) is 0 Å². The summed E-state index contributed by atoms with van der Waals surface area (Å²) in [5.41, 5.74) is 2.12. The summed E-state index contributed by atoms with van der Waals surface area (Å²) in [6, 6.07) is 7.99. The minimum absolute atomic E-state index is 0.136. The maximum Gasteiger partial charge on any atom is 0.203 e. The highest BCUT2D eigenvalue weighted by Crippen LogP contribution is 2.21. The van der Waals surface area contributed by atoms with Crippen molar-refractivity contribution in [2.24, 2.45) is 0 Å². The minimum Gasteiger partial charge on any atom is -0.383 e. The van der Waals surface area contributed by atoms with E-state index < -0.39 is 0 Å². The first-order valence-corrected chi connectivity index (χ1v) is 7.02. The fourth-order valence-corrected chi connectivity index (χ4v) is 2.27. The Balaban J connectivity index is 2.12. The van der Waals surface area contributed by atoms with Gasteiger partial charge < -0.3 is 14.6 Å². The second-order valence-corrected chi connectivity index (χ2v) is 5.25. The van der Waals surface area contributed by atoms with Crippen LogP contribution in [0.25, 0.3) is 0 Å². The van der Waals surface area contributed by atoms with Crippen LogP contribution in [-0.4, -0.2) is 23.3 Å². The van der Waals surface area contributed by atoms with Gasteiger partial charge in [0.25, 0.3) is 0 Å². The molecular weight excluding hydrogens is 274 g/mol. The zero-order valence-corrected chi connectivity index (χ0v) is 12.8. The predicted octanol–water partition coefficient (Wildman–Crippen LogP) is 3.66. The van der Waals surface area contributed by atoms with E-state index in [0.717, 1.165) is 28.8 Å². The van der Waals surface area contributed by atoms with Gasteiger partial charge in [-0.3, -0.25) is 0 Å². The molecule has 0 spiro atoms. The van der Waals surface area contributed by atoms with Crippen LogP contribution in [0.4, 0.5) is 5.95 Å². The van der Waals surface area contributed by atoms with Gasteiger partial charge in [-0.1, -0.05) is 23.7 Å². The van der Waals surface area contributed by atoms with Crippen molar-refractivity contribution in [3.05, 3.63) is 46.7 Å². The number of ether oxygens (including phenoxy) is 1. The molecule has 0 aliphatic heterocycles. The van der Waals surface area contributed by atoms with E-state index in [-0.39, 0.29) is 6.04 Å². The average molecular weight is 294 g/mol. The molecule has 0 saturated carbocycles. The number of nitrogens with zero attached hydrogens (tertiary/aromatic N) is 2. The van der Waals surface area contributed by atoms with Crippen molar-refractivity contribution in [3.8, 4) is 0 Å². The van der Waals surface area contributed by atoms with Crippen molar-refractivity contribution >= 4 is 17.5 Å². The Labute approximate surface area is 124 Å². The topological polar surface area (TPSA) is 39.1 Å². The lowest BCUT2D eigenvalue weighted by molar-refractivity contribution is 0.187. The molecule has 20 heavy (non-hydrogen) atoms. The fourth-order valence-electron chi connectivity index (χ4n) is 2.07. The Hall–Kier alpha value is -1.52. The molecule has 0 aliphatic rings. The smallest absolute Gasteiger partial charge is 0.203 e. The number of aromatic nitrogens is 2. The summed E-state index contributed by atoms with van der Waals surface area (Å²) < 4.78 is 7.19. The first-order chi connectivity index (χ1) is 9.60.